The van der Waals surface area contributed by atoms with Crippen molar-refractivity contribution in [1.29, 1.82) is 0 Å². The third kappa shape index (κ3) is 5.53. The molecule has 5 rings (SSSR count). The number of hydrogen-bond donors (Lipinski definition) is 0. The molecule has 3 aromatic carbocycles. The van der Waals surface area contributed by atoms with Crippen LogP contribution >= 0.6 is 0 Å². The number of aromatic nitrogens is 1. The van der Waals surface area contributed by atoms with Gasteiger partial charge in [-0.15, -0.1) is 0 Å². The van der Waals surface area contributed by atoms with Gasteiger partial charge in [0.25, 0.3) is 0 Å². The monoisotopic (exact) mass is 578 g/mol. The lowest BCUT2D eigenvalue weighted by atomic mass is 9.81. The Morgan fingerprint density at radius 3 is 1.53 bits per heavy atom. The Hall–Kier alpha value is -2.74. The first-order chi connectivity index (χ1) is 19.7. The van der Waals surface area contributed by atoms with E-state index in [-0.39, 0.29) is 21.8 Å². The number of rotatable bonds is 5. The summed E-state index contributed by atoms with van der Waals surface area (Å²) in [4.78, 5) is 2.86. The van der Waals surface area contributed by atoms with Crippen molar-refractivity contribution in [3.8, 4) is 0 Å². The highest BCUT2D eigenvalue weighted by molar-refractivity contribution is 6.08. The van der Waals surface area contributed by atoms with Gasteiger partial charge < -0.3 is 9.47 Å². The number of nitrogens with zero attached hydrogens (tertiary/aromatic N) is 2. The second kappa shape index (κ2) is 10.4. The molecule has 1 aliphatic rings. The van der Waals surface area contributed by atoms with Crippen LogP contribution in [0, 0.1) is 5.41 Å². The molecule has 0 amide bonds. The fourth-order valence-corrected chi connectivity index (χ4v) is 8.07. The van der Waals surface area contributed by atoms with Crippen LogP contribution in [0.25, 0.3) is 21.8 Å². The van der Waals surface area contributed by atoms with Crippen LogP contribution in [0.3, 0.4) is 0 Å². The summed E-state index contributed by atoms with van der Waals surface area (Å²) >= 11 is 0. The predicted octanol–water partition coefficient (Wildman–Crippen LogP) is 11.7. The molecule has 1 unspecified atom stereocenters. The molecule has 2 nitrogen and oxygen atoms in total. The van der Waals surface area contributed by atoms with E-state index in [1.807, 2.05) is 0 Å². The summed E-state index contributed by atoms with van der Waals surface area (Å²) in [5, 5.41) is 2.78. The Morgan fingerprint density at radius 1 is 0.698 bits per heavy atom. The summed E-state index contributed by atoms with van der Waals surface area (Å²) in [5.41, 5.74) is 10.3. The topological polar surface area (TPSA) is 8.17 Å². The van der Waals surface area contributed by atoms with Crippen LogP contribution in [0.4, 0.5) is 5.69 Å². The lowest BCUT2D eigenvalue weighted by Crippen LogP contribution is -2.47. The number of hydrogen-bond acceptors (Lipinski definition) is 1. The third-order valence-corrected chi connectivity index (χ3v) is 10.3. The predicted molar refractivity (Wildman–Crippen MR) is 190 cm³/mol. The van der Waals surface area contributed by atoms with Crippen LogP contribution in [0.1, 0.15) is 137 Å². The van der Waals surface area contributed by atoms with E-state index in [4.69, 9.17) is 0 Å². The van der Waals surface area contributed by atoms with Crippen molar-refractivity contribution in [3.05, 3.63) is 76.9 Å². The first-order valence-electron chi connectivity index (χ1n) is 16.7. The largest absolute Gasteiger partial charge is 0.361 e. The SMILES string of the molecule is CC(C)c1cccc(C(C)C)c1N1C(Cn2c3ccc(C(C)(C)C)cc3c3cc(C(C)(C)C)ccc32)C(C)(C)CC1(C)C. The molecule has 2 heterocycles. The summed E-state index contributed by atoms with van der Waals surface area (Å²) in [6.45, 7) is 34.3. The van der Waals surface area contributed by atoms with Gasteiger partial charge in [-0.05, 0) is 94.9 Å². The van der Waals surface area contributed by atoms with Crippen molar-refractivity contribution >= 4 is 27.5 Å². The van der Waals surface area contributed by atoms with Gasteiger partial charge >= 0.3 is 0 Å². The number of benzene rings is 3. The van der Waals surface area contributed by atoms with E-state index < -0.39 is 0 Å². The van der Waals surface area contributed by atoms with E-state index in [0.29, 0.717) is 17.9 Å². The smallest absolute Gasteiger partial charge is 0.0526 e. The molecule has 0 radical (unpaired) electrons. The molecular formula is C41H58N2. The maximum Gasteiger partial charge on any atom is 0.0526 e. The van der Waals surface area contributed by atoms with Crippen LogP contribution in [0.5, 0.6) is 0 Å². The van der Waals surface area contributed by atoms with Crippen molar-refractivity contribution in [1.82, 2.24) is 4.57 Å². The molecule has 1 atom stereocenters. The second-order valence-corrected chi connectivity index (χ2v) is 17.5. The molecule has 4 aromatic rings. The lowest BCUT2D eigenvalue weighted by Gasteiger charge is -2.43. The summed E-state index contributed by atoms with van der Waals surface area (Å²) in [6, 6.07) is 21.9. The molecule has 1 saturated heterocycles. The van der Waals surface area contributed by atoms with Gasteiger partial charge in [-0.3, -0.25) is 0 Å². The fourth-order valence-electron chi connectivity index (χ4n) is 8.07. The van der Waals surface area contributed by atoms with Crippen molar-refractivity contribution in [2.45, 2.75) is 144 Å². The summed E-state index contributed by atoms with van der Waals surface area (Å²) in [7, 11) is 0. The average Bonchev–Trinajstić information content (AvgIpc) is 3.28. The maximum atomic E-state index is 2.86. The zero-order valence-corrected chi connectivity index (χ0v) is 29.7. The maximum absolute atomic E-state index is 2.86. The van der Waals surface area contributed by atoms with Crippen molar-refractivity contribution in [3.63, 3.8) is 0 Å². The highest BCUT2D eigenvalue weighted by Gasteiger charge is 2.52. The zero-order valence-electron chi connectivity index (χ0n) is 29.7. The van der Waals surface area contributed by atoms with E-state index in [9.17, 15) is 0 Å². The van der Waals surface area contributed by atoms with Crippen molar-refractivity contribution in [2.24, 2.45) is 5.41 Å². The molecule has 0 bridgehead atoms. The molecule has 0 N–H and O–H groups in total. The zero-order chi connectivity index (χ0) is 31.9. The fraction of sp³-hybridized carbons (Fsp3) is 0.561. The van der Waals surface area contributed by atoms with Gasteiger partial charge in [0.15, 0.2) is 0 Å². The Bertz CT molecular complexity index is 1550. The minimum absolute atomic E-state index is 0.0420. The average molecular weight is 579 g/mol. The van der Waals surface area contributed by atoms with Crippen LogP contribution in [-0.4, -0.2) is 16.1 Å². The first kappa shape index (κ1) is 31.7. The summed E-state index contributed by atoms with van der Waals surface area (Å²) < 4.78 is 2.66. The van der Waals surface area contributed by atoms with Gasteiger partial charge in [0, 0.05) is 39.6 Å². The van der Waals surface area contributed by atoms with Crippen LogP contribution < -0.4 is 4.90 Å². The molecule has 43 heavy (non-hydrogen) atoms. The normalized spacial score (nSPS) is 19.0. The second-order valence-electron chi connectivity index (χ2n) is 17.5. The minimum atomic E-state index is 0.0420. The van der Waals surface area contributed by atoms with Gasteiger partial charge in [-0.2, -0.15) is 0 Å². The van der Waals surface area contributed by atoms with Gasteiger partial charge in [0.1, 0.15) is 0 Å². The Morgan fingerprint density at radius 2 is 1.14 bits per heavy atom. The van der Waals surface area contributed by atoms with Gasteiger partial charge in [-0.1, -0.05) is 113 Å². The third-order valence-electron chi connectivity index (χ3n) is 10.3. The molecule has 2 heteroatoms. The van der Waals surface area contributed by atoms with Crippen LogP contribution in [-0.2, 0) is 17.4 Å². The van der Waals surface area contributed by atoms with Crippen molar-refractivity contribution in [2.75, 3.05) is 4.90 Å². The number of anilines is 1. The lowest BCUT2D eigenvalue weighted by molar-refractivity contribution is 0.298. The van der Waals surface area contributed by atoms with Gasteiger partial charge in [0.05, 0.1) is 6.04 Å². The summed E-state index contributed by atoms with van der Waals surface area (Å²) in [5.74, 6) is 0.933. The number of para-hydroxylation sites is 1. The number of fused-ring (bicyclic) bond motifs is 3. The highest BCUT2D eigenvalue weighted by atomic mass is 15.3. The quantitative estimate of drug-likeness (QED) is 0.229. The minimum Gasteiger partial charge on any atom is -0.361 e. The van der Waals surface area contributed by atoms with E-state index in [1.54, 1.807) is 0 Å². The Labute approximate surface area is 262 Å². The Balaban J connectivity index is 1.78. The van der Waals surface area contributed by atoms with Gasteiger partial charge in [-0.25, -0.2) is 0 Å². The summed E-state index contributed by atoms with van der Waals surface area (Å²) in [6.07, 6.45) is 1.16. The van der Waals surface area contributed by atoms with Gasteiger partial charge in [0.2, 0.25) is 0 Å². The molecule has 1 aromatic heterocycles. The molecule has 1 fully saturated rings. The highest BCUT2D eigenvalue weighted by Crippen LogP contribution is 2.52. The molecule has 232 valence electrons. The molecule has 0 saturated carbocycles. The first-order valence-corrected chi connectivity index (χ1v) is 16.7. The molecule has 1 aliphatic heterocycles. The van der Waals surface area contributed by atoms with Crippen molar-refractivity contribution < 1.29 is 0 Å². The van der Waals surface area contributed by atoms with Crippen LogP contribution in [0.2, 0.25) is 0 Å². The van der Waals surface area contributed by atoms with E-state index in [2.05, 4.69) is 161 Å². The molecule has 0 aliphatic carbocycles. The molecular weight excluding hydrogens is 520 g/mol. The standard InChI is InChI=1S/C41H58N2/c1-26(2)30-16-15-17-31(27(3)4)37(30)43-36(40(11,12)25-41(43,13)14)24-42-34-20-18-28(38(5,6)7)22-32(34)33-23-29(39(8,9)10)19-21-35(33)42/h15-23,26-27,36H,24-25H2,1-14H3. The Kier molecular flexibility index (Phi) is 7.68. The van der Waals surface area contributed by atoms with E-state index in [0.717, 1.165) is 13.0 Å². The van der Waals surface area contributed by atoms with Crippen LogP contribution in [0.15, 0.2) is 54.6 Å². The van der Waals surface area contributed by atoms with E-state index >= 15 is 0 Å². The van der Waals surface area contributed by atoms with E-state index in [1.165, 1.54) is 49.7 Å². The molecule has 0 spiro atoms.